The number of aromatic amines is 1. The van der Waals surface area contributed by atoms with Gasteiger partial charge in [-0.05, 0) is 12.1 Å². The van der Waals surface area contributed by atoms with Crippen LogP contribution in [0.2, 0.25) is 0 Å². The molecule has 0 bridgehead atoms. The molecule has 0 aliphatic rings. The number of nitrogens with zero attached hydrogens (tertiary/aromatic N) is 2. The summed E-state index contributed by atoms with van der Waals surface area (Å²) < 4.78 is 40.1. The van der Waals surface area contributed by atoms with Crippen molar-refractivity contribution in [3.05, 3.63) is 35.9 Å². The average molecular weight is 300 g/mol. The lowest BCUT2D eigenvalue weighted by molar-refractivity contribution is -0.274. The highest BCUT2D eigenvalue weighted by molar-refractivity contribution is 6.01. The number of rotatable bonds is 4. The SMILES string of the molecule is CCc1nc(C(=O)Nc2cccc(OC(F)(F)F)c2)n[nH]1. The maximum atomic E-state index is 12.1. The number of hydrogen-bond donors (Lipinski definition) is 2. The van der Waals surface area contributed by atoms with E-state index in [1.807, 2.05) is 6.92 Å². The second-order valence-corrected chi connectivity index (χ2v) is 3.99. The Kier molecular flexibility index (Phi) is 4.10. The van der Waals surface area contributed by atoms with Crippen LogP contribution in [0.15, 0.2) is 24.3 Å². The molecular weight excluding hydrogens is 289 g/mol. The Labute approximate surface area is 117 Å². The average Bonchev–Trinajstić information content (AvgIpc) is 2.85. The van der Waals surface area contributed by atoms with Gasteiger partial charge in [0.25, 0.3) is 5.91 Å². The van der Waals surface area contributed by atoms with Crippen LogP contribution in [0.4, 0.5) is 18.9 Å². The van der Waals surface area contributed by atoms with Crippen molar-refractivity contribution in [3.8, 4) is 5.75 Å². The monoisotopic (exact) mass is 300 g/mol. The molecule has 0 aliphatic heterocycles. The van der Waals surface area contributed by atoms with Crippen molar-refractivity contribution in [2.75, 3.05) is 5.32 Å². The first-order valence-electron chi connectivity index (χ1n) is 5.96. The first-order valence-corrected chi connectivity index (χ1v) is 5.96. The molecule has 1 aromatic carbocycles. The van der Waals surface area contributed by atoms with Gasteiger partial charge in [0.15, 0.2) is 0 Å². The Morgan fingerprint density at radius 2 is 2.19 bits per heavy atom. The van der Waals surface area contributed by atoms with Gasteiger partial charge in [0.1, 0.15) is 11.6 Å². The van der Waals surface area contributed by atoms with Crippen LogP contribution >= 0.6 is 0 Å². The van der Waals surface area contributed by atoms with E-state index in [1.165, 1.54) is 12.1 Å². The number of alkyl halides is 3. The van der Waals surface area contributed by atoms with Gasteiger partial charge < -0.3 is 10.1 Å². The van der Waals surface area contributed by atoms with Crippen LogP contribution in [0.25, 0.3) is 0 Å². The van der Waals surface area contributed by atoms with E-state index < -0.39 is 18.0 Å². The molecule has 0 atom stereocenters. The molecule has 0 unspecified atom stereocenters. The molecule has 2 rings (SSSR count). The molecule has 112 valence electrons. The van der Waals surface area contributed by atoms with Gasteiger partial charge in [0.2, 0.25) is 5.82 Å². The molecule has 1 amide bonds. The lowest BCUT2D eigenvalue weighted by Gasteiger charge is -2.10. The van der Waals surface area contributed by atoms with E-state index in [2.05, 4.69) is 25.2 Å². The minimum absolute atomic E-state index is 0.0889. The van der Waals surface area contributed by atoms with Crippen molar-refractivity contribution >= 4 is 11.6 Å². The van der Waals surface area contributed by atoms with Gasteiger partial charge in [-0.25, -0.2) is 4.98 Å². The van der Waals surface area contributed by atoms with Gasteiger partial charge in [-0.15, -0.1) is 18.3 Å². The van der Waals surface area contributed by atoms with Gasteiger partial charge >= 0.3 is 6.36 Å². The van der Waals surface area contributed by atoms with Crippen LogP contribution in [-0.4, -0.2) is 27.5 Å². The van der Waals surface area contributed by atoms with Crippen molar-refractivity contribution in [3.63, 3.8) is 0 Å². The number of nitrogens with one attached hydrogen (secondary N) is 2. The number of aromatic nitrogens is 3. The number of aryl methyl sites for hydroxylation is 1. The molecular formula is C12H11F3N4O2. The Morgan fingerprint density at radius 1 is 1.43 bits per heavy atom. The maximum absolute atomic E-state index is 12.1. The van der Waals surface area contributed by atoms with E-state index >= 15 is 0 Å². The minimum Gasteiger partial charge on any atom is -0.406 e. The first-order chi connectivity index (χ1) is 9.87. The number of benzene rings is 1. The summed E-state index contributed by atoms with van der Waals surface area (Å²) in [7, 11) is 0. The summed E-state index contributed by atoms with van der Waals surface area (Å²) in [6.07, 6.45) is -4.21. The molecule has 0 saturated carbocycles. The molecule has 0 radical (unpaired) electrons. The summed E-state index contributed by atoms with van der Waals surface area (Å²) in [5, 5.41) is 8.67. The fraction of sp³-hybridized carbons (Fsp3) is 0.250. The smallest absolute Gasteiger partial charge is 0.406 e. The number of ether oxygens (including phenoxy) is 1. The summed E-state index contributed by atoms with van der Waals surface area (Å²) in [4.78, 5) is 15.7. The third-order valence-corrected chi connectivity index (χ3v) is 2.40. The highest BCUT2D eigenvalue weighted by atomic mass is 19.4. The number of carbonyl (C=O) groups is 1. The zero-order chi connectivity index (χ0) is 15.5. The summed E-state index contributed by atoms with van der Waals surface area (Å²) in [6, 6.07) is 4.94. The lowest BCUT2D eigenvalue weighted by Crippen LogP contribution is -2.17. The second kappa shape index (κ2) is 5.81. The van der Waals surface area contributed by atoms with Gasteiger partial charge in [-0.1, -0.05) is 13.0 Å². The van der Waals surface area contributed by atoms with Crippen LogP contribution in [-0.2, 0) is 6.42 Å². The number of amides is 1. The molecule has 9 heteroatoms. The molecule has 2 N–H and O–H groups in total. The number of anilines is 1. The molecule has 0 saturated heterocycles. The number of hydrogen-bond acceptors (Lipinski definition) is 4. The third-order valence-electron chi connectivity index (χ3n) is 2.40. The van der Waals surface area contributed by atoms with Crippen molar-refractivity contribution in [2.24, 2.45) is 0 Å². The predicted molar refractivity (Wildman–Crippen MR) is 66.8 cm³/mol. The molecule has 1 aromatic heterocycles. The van der Waals surface area contributed by atoms with Crippen molar-refractivity contribution < 1.29 is 22.7 Å². The zero-order valence-corrected chi connectivity index (χ0v) is 10.9. The zero-order valence-electron chi connectivity index (χ0n) is 10.9. The maximum Gasteiger partial charge on any atom is 0.573 e. The predicted octanol–water partition coefficient (Wildman–Crippen LogP) is 2.52. The fourth-order valence-electron chi connectivity index (χ4n) is 1.51. The van der Waals surface area contributed by atoms with E-state index in [0.29, 0.717) is 12.2 Å². The van der Waals surface area contributed by atoms with Gasteiger partial charge in [-0.2, -0.15) is 0 Å². The van der Waals surface area contributed by atoms with E-state index in [1.54, 1.807) is 0 Å². The fourth-order valence-corrected chi connectivity index (χ4v) is 1.51. The highest BCUT2D eigenvalue weighted by Crippen LogP contribution is 2.25. The number of H-pyrrole nitrogens is 1. The van der Waals surface area contributed by atoms with E-state index in [9.17, 15) is 18.0 Å². The summed E-state index contributed by atoms with van der Waals surface area (Å²) in [5.41, 5.74) is 0.143. The molecule has 21 heavy (non-hydrogen) atoms. The van der Waals surface area contributed by atoms with Crippen LogP contribution in [0.3, 0.4) is 0 Å². The Morgan fingerprint density at radius 3 is 2.81 bits per heavy atom. The molecule has 0 aliphatic carbocycles. The van der Waals surface area contributed by atoms with Gasteiger partial charge in [0.05, 0.1) is 0 Å². The van der Waals surface area contributed by atoms with Gasteiger partial charge in [0, 0.05) is 18.2 Å². The van der Waals surface area contributed by atoms with Crippen LogP contribution < -0.4 is 10.1 Å². The van der Waals surface area contributed by atoms with E-state index in [4.69, 9.17) is 0 Å². The molecule has 0 fully saturated rings. The number of carbonyl (C=O) groups excluding carboxylic acids is 1. The van der Waals surface area contributed by atoms with Gasteiger partial charge in [-0.3, -0.25) is 9.89 Å². The number of halogens is 3. The van der Waals surface area contributed by atoms with Crippen molar-refractivity contribution in [1.82, 2.24) is 15.2 Å². The topological polar surface area (TPSA) is 79.9 Å². The molecule has 6 nitrogen and oxygen atoms in total. The van der Waals surface area contributed by atoms with Crippen LogP contribution in [0, 0.1) is 0 Å². The molecule has 2 aromatic rings. The first kappa shape index (κ1) is 14.8. The van der Waals surface area contributed by atoms with Crippen molar-refractivity contribution in [1.29, 1.82) is 0 Å². The minimum atomic E-state index is -4.79. The standard InChI is InChI=1S/C12H11F3N4O2/c1-2-9-17-10(19-18-9)11(20)16-7-4-3-5-8(6-7)21-12(13,14)15/h3-6H,2H2,1H3,(H,16,20)(H,17,18,19). The van der Waals surface area contributed by atoms with Crippen molar-refractivity contribution in [2.45, 2.75) is 19.7 Å². The Balaban J connectivity index is 2.08. The Hall–Kier alpha value is -2.58. The Bertz CT molecular complexity index is 639. The second-order valence-electron chi connectivity index (χ2n) is 3.99. The van der Waals surface area contributed by atoms with E-state index in [-0.39, 0.29) is 11.5 Å². The molecule has 0 spiro atoms. The summed E-state index contributed by atoms with van der Waals surface area (Å²) in [5.74, 6) is -0.608. The largest absolute Gasteiger partial charge is 0.573 e. The summed E-state index contributed by atoms with van der Waals surface area (Å²) in [6.45, 7) is 1.83. The van der Waals surface area contributed by atoms with E-state index in [0.717, 1.165) is 12.1 Å². The molecule has 1 heterocycles. The lowest BCUT2D eigenvalue weighted by atomic mass is 10.3. The highest BCUT2D eigenvalue weighted by Gasteiger charge is 2.31. The van der Waals surface area contributed by atoms with Crippen LogP contribution in [0.5, 0.6) is 5.75 Å². The quantitative estimate of drug-likeness (QED) is 0.909. The summed E-state index contributed by atoms with van der Waals surface area (Å²) >= 11 is 0. The normalized spacial score (nSPS) is 11.2. The third kappa shape index (κ3) is 4.20. The van der Waals surface area contributed by atoms with Crippen LogP contribution in [0.1, 0.15) is 23.4 Å².